The van der Waals surface area contributed by atoms with Crippen LogP contribution >= 0.6 is 15.9 Å². The Hall–Kier alpha value is -4.40. The normalized spacial score (nSPS) is 13.0. The molecule has 0 saturated carbocycles. The Bertz CT molecular complexity index is 1460. The molecule has 0 saturated heterocycles. The summed E-state index contributed by atoms with van der Waals surface area (Å²) in [5.74, 6) is -6.65. The Morgan fingerprint density at radius 3 is 1.56 bits per heavy atom. The zero-order valence-corrected chi connectivity index (χ0v) is 21.7. The molecular formula is C26H16BrF6NO7. The van der Waals surface area contributed by atoms with Gasteiger partial charge >= 0.3 is 30.3 Å². The van der Waals surface area contributed by atoms with Crippen LogP contribution in [0, 0.1) is 0 Å². The van der Waals surface area contributed by atoms with E-state index in [1.54, 1.807) is 0 Å². The summed E-state index contributed by atoms with van der Waals surface area (Å²) in [6.45, 7) is 0. The second-order valence-electron chi connectivity index (χ2n) is 8.14. The molecule has 0 aliphatic heterocycles. The third-order valence-corrected chi connectivity index (χ3v) is 5.74. The molecule has 2 atom stereocenters. The van der Waals surface area contributed by atoms with E-state index < -0.39 is 70.6 Å². The largest absolute Gasteiger partial charge is 0.478 e. The van der Waals surface area contributed by atoms with Crippen LogP contribution in [0.15, 0.2) is 77.3 Å². The molecule has 3 aromatic carbocycles. The number of benzene rings is 3. The number of amides is 1. The highest BCUT2D eigenvalue weighted by Gasteiger charge is 2.42. The molecule has 3 rings (SSSR count). The number of hydrogen-bond donors (Lipinski definition) is 2. The Labute approximate surface area is 235 Å². The van der Waals surface area contributed by atoms with Crippen LogP contribution in [-0.2, 0) is 31.4 Å². The fourth-order valence-electron chi connectivity index (χ4n) is 3.25. The first kappa shape index (κ1) is 31.1. The first-order chi connectivity index (χ1) is 19.1. The lowest BCUT2D eigenvalue weighted by Gasteiger charge is -2.24. The van der Waals surface area contributed by atoms with E-state index in [1.807, 2.05) is 0 Å². The van der Waals surface area contributed by atoms with E-state index in [-0.39, 0.29) is 5.69 Å². The second kappa shape index (κ2) is 12.4. The van der Waals surface area contributed by atoms with Gasteiger partial charge < -0.3 is 19.9 Å². The van der Waals surface area contributed by atoms with Crippen LogP contribution in [0.3, 0.4) is 0 Å². The van der Waals surface area contributed by atoms with E-state index in [1.165, 1.54) is 24.3 Å². The molecule has 8 nitrogen and oxygen atoms in total. The summed E-state index contributed by atoms with van der Waals surface area (Å²) in [5.41, 5.74) is -3.95. The third-order valence-electron chi connectivity index (χ3n) is 5.21. The molecule has 1 amide bonds. The minimum Gasteiger partial charge on any atom is -0.478 e. The Morgan fingerprint density at radius 2 is 1.15 bits per heavy atom. The molecule has 41 heavy (non-hydrogen) atoms. The van der Waals surface area contributed by atoms with E-state index in [9.17, 15) is 50.6 Å². The number of carboxylic acid groups (broad SMARTS) is 1. The molecular weight excluding hydrogens is 632 g/mol. The van der Waals surface area contributed by atoms with Crippen LogP contribution in [0.4, 0.5) is 32.0 Å². The van der Waals surface area contributed by atoms with E-state index in [0.29, 0.717) is 28.7 Å². The minimum absolute atomic E-state index is 0.0478. The van der Waals surface area contributed by atoms with E-state index in [2.05, 4.69) is 21.2 Å². The predicted octanol–water partition coefficient (Wildman–Crippen LogP) is 5.96. The number of ether oxygens (including phenoxy) is 2. The second-order valence-corrected chi connectivity index (χ2v) is 9.06. The Kier molecular flexibility index (Phi) is 9.42. The van der Waals surface area contributed by atoms with Crippen molar-refractivity contribution in [1.82, 2.24) is 0 Å². The quantitative estimate of drug-likeness (QED) is 0.229. The zero-order valence-electron chi connectivity index (χ0n) is 20.1. The molecule has 0 bridgehead atoms. The maximum absolute atomic E-state index is 13.1. The van der Waals surface area contributed by atoms with Gasteiger partial charge in [-0.25, -0.2) is 14.4 Å². The molecule has 0 spiro atoms. The van der Waals surface area contributed by atoms with Gasteiger partial charge in [0.1, 0.15) is 0 Å². The van der Waals surface area contributed by atoms with Crippen molar-refractivity contribution >= 4 is 45.4 Å². The molecule has 15 heteroatoms. The lowest BCUT2D eigenvalue weighted by atomic mass is 10.1. The van der Waals surface area contributed by atoms with Crippen molar-refractivity contribution < 1.29 is 60.1 Å². The summed E-state index contributed by atoms with van der Waals surface area (Å²) in [5, 5.41) is 11.9. The standard InChI is InChI=1S/C26H16BrF6NO7/c27-17-7-9-18(10-8-17)34-21(35)19(40-23(38)13-3-1-5-15(11-13)25(28,29)30)20(22(36)37)41-24(39)14-4-2-6-16(12-14)26(31,32)33/h1-12,19-20H,(H,34,35)(H,36,37)/t19-,20+/m1/s1. The summed E-state index contributed by atoms with van der Waals surface area (Å²) in [6.07, 6.45) is -14.9. The summed E-state index contributed by atoms with van der Waals surface area (Å²) < 4.78 is 88.8. The Balaban J connectivity index is 1.96. The number of anilines is 1. The summed E-state index contributed by atoms with van der Waals surface area (Å²) >= 11 is 3.16. The number of esters is 2. The van der Waals surface area contributed by atoms with Crippen molar-refractivity contribution in [2.45, 2.75) is 24.6 Å². The van der Waals surface area contributed by atoms with Crippen molar-refractivity contribution in [1.29, 1.82) is 0 Å². The van der Waals surface area contributed by atoms with Gasteiger partial charge in [-0.15, -0.1) is 0 Å². The summed E-state index contributed by atoms with van der Waals surface area (Å²) in [7, 11) is 0. The monoisotopic (exact) mass is 647 g/mol. The van der Waals surface area contributed by atoms with Gasteiger partial charge in [-0.1, -0.05) is 28.1 Å². The van der Waals surface area contributed by atoms with Gasteiger partial charge in [0, 0.05) is 10.2 Å². The van der Waals surface area contributed by atoms with E-state index >= 15 is 0 Å². The predicted molar refractivity (Wildman–Crippen MR) is 132 cm³/mol. The van der Waals surface area contributed by atoms with Crippen LogP contribution in [0.5, 0.6) is 0 Å². The Morgan fingerprint density at radius 1 is 0.707 bits per heavy atom. The molecule has 216 valence electrons. The summed E-state index contributed by atoms with van der Waals surface area (Å²) in [6, 6.07) is 11.2. The fraction of sp³-hybridized carbons (Fsp3) is 0.154. The number of carbonyl (C=O) groups excluding carboxylic acids is 3. The van der Waals surface area contributed by atoms with Gasteiger partial charge in [0.2, 0.25) is 12.2 Å². The number of nitrogens with one attached hydrogen (secondary N) is 1. The fourth-order valence-corrected chi connectivity index (χ4v) is 3.52. The van der Waals surface area contributed by atoms with Crippen molar-refractivity contribution in [2.24, 2.45) is 0 Å². The van der Waals surface area contributed by atoms with Gasteiger partial charge in [-0.2, -0.15) is 26.3 Å². The van der Waals surface area contributed by atoms with Crippen LogP contribution in [0.1, 0.15) is 31.8 Å². The topological polar surface area (TPSA) is 119 Å². The number of rotatable bonds is 8. The van der Waals surface area contributed by atoms with Crippen LogP contribution in [-0.4, -0.2) is 41.1 Å². The molecule has 0 aliphatic rings. The van der Waals surface area contributed by atoms with Gasteiger partial charge in [0.05, 0.1) is 22.3 Å². The molecule has 2 N–H and O–H groups in total. The molecule has 3 aromatic rings. The first-order valence-corrected chi connectivity index (χ1v) is 11.9. The number of aliphatic carboxylic acids is 1. The van der Waals surface area contributed by atoms with E-state index in [0.717, 1.165) is 24.3 Å². The smallest absolute Gasteiger partial charge is 0.416 e. The SMILES string of the molecule is O=C(O[C@H](C(=O)O)[C@@H](OC(=O)c1cccc(C(F)(F)F)c1)C(=O)Nc1ccc(Br)cc1)c1cccc(C(F)(F)F)c1. The van der Waals surface area contributed by atoms with Crippen molar-refractivity contribution in [2.75, 3.05) is 5.32 Å². The zero-order chi connectivity index (χ0) is 30.5. The highest BCUT2D eigenvalue weighted by molar-refractivity contribution is 9.10. The number of carboxylic acids is 1. The molecule has 0 heterocycles. The van der Waals surface area contributed by atoms with Crippen molar-refractivity contribution in [3.63, 3.8) is 0 Å². The maximum Gasteiger partial charge on any atom is 0.416 e. The highest BCUT2D eigenvalue weighted by atomic mass is 79.9. The number of alkyl halides is 6. The average Bonchev–Trinajstić information content (AvgIpc) is 2.90. The molecule has 0 aromatic heterocycles. The van der Waals surface area contributed by atoms with Crippen molar-refractivity contribution in [3.05, 3.63) is 99.5 Å². The van der Waals surface area contributed by atoms with Crippen LogP contribution < -0.4 is 5.32 Å². The van der Waals surface area contributed by atoms with Crippen LogP contribution in [0.25, 0.3) is 0 Å². The van der Waals surface area contributed by atoms with Crippen LogP contribution in [0.2, 0.25) is 0 Å². The summed E-state index contributed by atoms with van der Waals surface area (Å²) in [4.78, 5) is 50.5. The lowest BCUT2D eigenvalue weighted by Crippen LogP contribution is -2.48. The van der Waals surface area contributed by atoms with Gasteiger partial charge in [-0.05, 0) is 60.7 Å². The molecule has 0 aliphatic carbocycles. The minimum atomic E-state index is -4.87. The highest BCUT2D eigenvalue weighted by Crippen LogP contribution is 2.31. The van der Waals surface area contributed by atoms with Crippen molar-refractivity contribution in [3.8, 4) is 0 Å². The maximum atomic E-state index is 13.1. The van der Waals surface area contributed by atoms with Gasteiger partial charge in [0.15, 0.2) is 0 Å². The molecule has 0 radical (unpaired) electrons. The first-order valence-electron chi connectivity index (χ1n) is 11.1. The van der Waals surface area contributed by atoms with E-state index in [4.69, 9.17) is 9.47 Å². The molecule has 0 fully saturated rings. The lowest BCUT2D eigenvalue weighted by molar-refractivity contribution is -0.157. The molecule has 0 unspecified atom stereocenters. The average molecular weight is 648 g/mol. The van der Waals surface area contributed by atoms with Gasteiger partial charge in [-0.3, -0.25) is 4.79 Å². The number of carbonyl (C=O) groups is 4. The number of hydrogen-bond acceptors (Lipinski definition) is 6. The third kappa shape index (κ3) is 8.30. The van der Waals surface area contributed by atoms with Gasteiger partial charge in [0.25, 0.3) is 5.91 Å². The number of halogens is 7.